The maximum atomic E-state index is 11.9. The summed E-state index contributed by atoms with van der Waals surface area (Å²) in [6, 6.07) is 9.54. The second-order valence-electron chi connectivity index (χ2n) is 6.05. The molecule has 6 nitrogen and oxygen atoms in total. The van der Waals surface area contributed by atoms with Crippen LogP contribution in [0.1, 0.15) is 34.4 Å². The highest BCUT2D eigenvalue weighted by Crippen LogP contribution is 2.15. The van der Waals surface area contributed by atoms with Gasteiger partial charge in [-0.1, -0.05) is 17.7 Å². The van der Waals surface area contributed by atoms with E-state index >= 15 is 0 Å². The second-order valence-corrected chi connectivity index (χ2v) is 6.05. The third-order valence-electron chi connectivity index (χ3n) is 4.14. The molecule has 2 rings (SSSR count). The van der Waals surface area contributed by atoms with E-state index in [4.69, 9.17) is 14.7 Å². The summed E-state index contributed by atoms with van der Waals surface area (Å²) in [6.07, 6.45) is 0.573. The van der Waals surface area contributed by atoms with Crippen LogP contribution in [0.5, 0.6) is 5.75 Å². The molecule has 26 heavy (non-hydrogen) atoms. The van der Waals surface area contributed by atoms with Gasteiger partial charge in [0.1, 0.15) is 30.6 Å². The molecule has 0 aliphatic carbocycles. The van der Waals surface area contributed by atoms with E-state index in [1.165, 1.54) is 0 Å². The first kappa shape index (κ1) is 19.3. The molecular formula is C20H22N2O4. The van der Waals surface area contributed by atoms with Crippen LogP contribution in [-0.2, 0) is 16.0 Å². The minimum atomic E-state index is -0.401. The number of nitriles is 1. The first-order valence-electron chi connectivity index (χ1n) is 8.40. The average molecular weight is 354 g/mol. The fourth-order valence-electron chi connectivity index (χ4n) is 2.67. The van der Waals surface area contributed by atoms with Gasteiger partial charge >= 0.3 is 5.97 Å². The Morgan fingerprint density at radius 2 is 1.85 bits per heavy atom. The molecule has 0 fully saturated rings. The third-order valence-corrected chi connectivity index (χ3v) is 4.14. The largest absolute Gasteiger partial charge is 0.490 e. The second kappa shape index (κ2) is 8.86. The minimum Gasteiger partial charge on any atom is -0.490 e. The lowest BCUT2D eigenvalue weighted by Crippen LogP contribution is -2.18. The highest BCUT2D eigenvalue weighted by Gasteiger charge is 2.13. The van der Waals surface area contributed by atoms with Gasteiger partial charge in [-0.25, -0.2) is 0 Å². The number of aromatic nitrogens is 1. The molecular weight excluding hydrogens is 332 g/mol. The molecule has 6 heteroatoms. The monoisotopic (exact) mass is 354 g/mol. The van der Waals surface area contributed by atoms with Crippen LogP contribution in [0.2, 0.25) is 0 Å². The van der Waals surface area contributed by atoms with Gasteiger partial charge in [0.2, 0.25) is 0 Å². The number of ether oxygens (including phenoxy) is 2. The molecule has 0 spiro atoms. The lowest BCUT2D eigenvalue weighted by Gasteiger charge is -2.11. The number of carbonyl (C=O) groups excluding carboxylic acids is 1. The number of hydrogen-bond acceptors (Lipinski definition) is 5. The van der Waals surface area contributed by atoms with E-state index < -0.39 is 5.56 Å². The van der Waals surface area contributed by atoms with E-state index in [2.05, 4.69) is 4.98 Å². The summed E-state index contributed by atoms with van der Waals surface area (Å²) in [5.41, 5.74) is 2.92. The van der Waals surface area contributed by atoms with E-state index in [1.807, 2.05) is 37.3 Å². The molecule has 0 saturated carbocycles. The number of benzene rings is 1. The smallest absolute Gasteiger partial charge is 0.306 e. The van der Waals surface area contributed by atoms with Crippen LogP contribution < -0.4 is 10.3 Å². The summed E-state index contributed by atoms with van der Waals surface area (Å²) < 4.78 is 10.7. The van der Waals surface area contributed by atoms with Gasteiger partial charge in [0.25, 0.3) is 5.56 Å². The minimum absolute atomic E-state index is 0.0884. The number of hydrogen-bond donors (Lipinski definition) is 1. The standard InChI is InChI=1S/C20H22N2O4/c1-13-4-6-16(7-5-13)25-10-11-26-19(23)9-8-17-14(2)18(12-21)20(24)22-15(17)3/h4-7H,8-11H2,1-3H3,(H,22,24). The number of rotatable bonds is 7. The van der Waals surface area contributed by atoms with Crippen molar-refractivity contribution in [2.75, 3.05) is 13.2 Å². The number of carbonyl (C=O) groups is 1. The van der Waals surface area contributed by atoms with Gasteiger partial charge in [-0.2, -0.15) is 5.26 Å². The zero-order valence-corrected chi connectivity index (χ0v) is 15.2. The highest BCUT2D eigenvalue weighted by molar-refractivity contribution is 5.69. The molecule has 1 heterocycles. The summed E-state index contributed by atoms with van der Waals surface area (Å²) in [4.78, 5) is 26.3. The molecule has 0 saturated heterocycles. The first-order valence-corrected chi connectivity index (χ1v) is 8.40. The molecule has 0 amide bonds. The maximum absolute atomic E-state index is 11.9. The number of aryl methyl sites for hydroxylation is 2. The number of esters is 1. The Labute approximate surface area is 152 Å². The van der Waals surface area contributed by atoms with Crippen LogP contribution in [0.4, 0.5) is 0 Å². The van der Waals surface area contributed by atoms with Gasteiger partial charge in [0, 0.05) is 12.1 Å². The van der Waals surface area contributed by atoms with Crippen LogP contribution >= 0.6 is 0 Å². The van der Waals surface area contributed by atoms with Gasteiger partial charge in [-0.3, -0.25) is 9.59 Å². The molecule has 1 aromatic carbocycles. The Balaban J connectivity index is 1.81. The predicted molar refractivity (Wildman–Crippen MR) is 97.2 cm³/mol. The van der Waals surface area contributed by atoms with Crippen LogP contribution in [0.15, 0.2) is 29.1 Å². The molecule has 1 N–H and O–H groups in total. The number of H-pyrrole nitrogens is 1. The molecule has 0 bridgehead atoms. The number of aromatic amines is 1. The van der Waals surface area contributed by atoms with Crippen molar-refractivity contribution in [3.8, 4) is 11.8 Å². The van der Waals surface area contributed by atoms with Gasteiger partial charge in [0.15, 0.2) is 0 Å². The SMILES string of the molecule is Cc1ccc(OCCOC(=O)CCc2c(C)[nH]c(=O)c(C#N)c2C)cc1. The zero-order valence-electron chi connectivity index (χ0n) is 15.2. The molecule has 2 aromatic rings. The Hall–Kier alpha value is -3.07. The quantitative estimate of drug-likeness (QED) is 0.610. The summed E-state index contributed by atoms with van der Waals surface area (Å²) in [7, 11) is 0. The summed E-state index contributed by atoms with van der Waals surface area (Å²) in [6.45, 7) is 5.92. The molecule has 0 radical (unpaired) electrons. The van der Waals surface area contributed by atoms with Gasteiger partial charge in [0.05, 0.1) is 0 Å². The van der Waals surface area contributed by atoms with Gasteiger partial charge in [-0.15, -0.1) is 0 Å². The van der Waals surface area contributed by atoms with Crippen LogP contribution in [0.3, 0.4) is 0 Å². The molecule has 0 atom stereocenters. The normalized spacial score (nSPS) is 10.2. The van der Waals surface area contributed by atoms with Crippen molar-refractivity contribution in [1.29, 1.82) is 5.26 Å². The summed E-state index contributed by atoms with van der Waals surface area (Å²) >= 11 is 0. The van der Waals surface area contributed by atoms with Crippen molar-refractivity contribution in [3.63, 3.8) is 0 Å². The van der Waals surface area contributed by atoms with E-state index in [0.29, 0.717) is 17.7 Å². The topological polar surface area (TPSA) is 92.2 Å². The van der Waals surface area contributed by atoms with E-state index in [9.17, 15) is 9.59 Å². The Bertz CT molecular complexity index is 876. The highest BCUT2D eigenvalue weighted by atomic mass is 16.6. The molecule has 0 aliphatic heterocycles. The molecule has 0 unspecified atom stereocenters. The third kappa shape index (κ3) is 4.96. The average Bonchev–Trinajstić information content (AvgIpc) is 2.60. The van der Waals surface area contributed by atoms with Gasteiger partial charge < -0.3 is 14.5 Å². The first-order chi connectivity index (χ1) is 12.4. The van der Waals surface area contributed by atoms with E-state index in [-0.39, 0.29) is 31.2 Å². The fourth-order valence-corrected chi connectivity index (χ4v) is 2.67. The number of nitrogens with zero attached hydrogens (tertiary/aromatic N) is 1. The predicted octanol–water partition coefficient (Wildman–Crippen LogP) is 2.73. The van der Waals surface area contributed by atoms with Crippen molar-refractivity contribution >= 4 is 5.97 Å². The van der Waals surface area contributed by atoms with Crippen molar-refractivity contribution < 1.29 is 14.3 Å². The van der Waals surface area contributed by atoms with Gasteiger partial charge in [-0.05, 0) is 50.5 Å². The van der Waals surface area contributed by atoms with Crippen molar-refractivity contribution in [2.24, 2.45) is 0 Å². The Morgan fingerprint density at radius 1 is 1.15 bits per heavy atom. The lowest BCUT2D eigenvalue weighted by molar-refractivity contribution is -0.144. The number of pyridine rings is 1. The molecule has 1 aromatic heterocycles. The Morgan fingerprint density at radius 3 is 2.50 bits per heavy atom. The van der Waals surface area contributed by atoms with Crippen molar-refractivity contribution in [1.82, 2.24) is 4.98 Å². The molecule has 0 aliphatic rings. The van der Waals surface area contributed by atoms with Crippen molar-refractivity contribution in [2.45, 2.75) is 33.6 Å². The van der Waals surface area contributed by atoms with Crippen LogP contribution in [0, 0.1) is 32.1 Å². The fraction of sp³-hybridized carbons (Fsp3) is 0.350. The number of nitrogens with one attached hydrogen (secondary N) is 1. The zero-order chi connectivity index (χ0) is 19.1. The lowest BCUT2D eigenvalue weighted by atomic mass is 9.99. The Kier molecular flexibility index (Phi) is 6.56. The summed E-state index contributed by atoms with van der Waals surface area (Å²) in [5, 5.41) is 9.07. The van der Waals surface area contributed by atoms with Crippen LogP contribution in [0.25, 0.3) is 0 Å². The van der Waals surface area contributed by atoms with E-state index in [0.717, 1.165) is 16.9 Å². The van der Waals surface area contributed by atoms with Crippen molar-refractivity contribution in [3.05, 3.63) is 62.6 Å². The molecule has 136 valence electrons. The van der Waals surface area contributed by atoms with Crippen LogP contribution in [-0.4, -0.2) is 24.2 Å². The van der Waals surface area contributed by atoms with E-state index in [1.54, 1.807) is 13.8 Å². The summed E-state index contributed by atoms with van der Waals surface area (Å²) in [5.74, 6) is 0.385. The maximum Gasteiger partial charge on any atom is 0.306 e.